The Balaban J connectivity index is -0.000000177. The van der Waals surface area contributed by atoms with Crippen molar-refractivity contribution in [2.45, 2.75) is 19.3 Å². The molecule has 1 rings (SSSR count). The lowest BCUT2D eigenvalue weighted by atomic mass is 10.1. The summed E-state index contributed by atoms with van der Waals surface area (Å²) in [6.07, 6.45) is 4.28. The molecule has 1 saturated heterocycles. The molecule has 2 nitrogen and oxygen atoms in total. The molecule has 7 heteroatoms. The van der Waals surface area contributed by atoms with E-state index in [9.17, 15) is 17.3 Å². The summed E-state index contributed by atoms with van der Waals surface area (Å²) >= 11 is 0. The van der Waals surface area contributed by atoms with Gasteiger partial charge < -0.3 is 27.1 Å². The molecule has 0 N–H and O–H groups in total. The highest BCUT2D eigenvalue weighted by molar-refractivity contribution is 6.50. The van der Waals surface area contributed by atoms with Crippen molar-refractivity contribution in [1.29, 1.82) is 0 Å². The van der Waals surface area contributed by atoms with Gasteiger partial charge in [0.15, 0.2) is 0 Å². The summed E-state index contributed by atoms with van der Waals surface area (Å²) in [5, 5.41) is 0. The minimum absolute atomic E-state index is 0. The van der Waals surface area contributed by atoms with E-state index >= 15 is 0 Å². The van der Waals surface area contributed by atoms with E-state index in [1.807, 2.05) is 26.0 Å². The molecule has 1 aliphatic rings. The zero-order valence-corrected chi connectivity index (χ0v) is 10.5. The summed E-state index contributed by atoms with van der Waals surface area (Å²) in [5.41, 5.74) is 0. The van der Waals surface area contributed by atoms with E-state index in [0.717, 1.165) is 0 Å². The number of halogens is 4. The Morgan fingerprint density at radius 2 is 1.19 bits per heavy atom. The first-order valence-corrected chi connectivity index (χ1v) is 5.29. The van der Waals surface area contributed by atoms with Gasteiger partial charge in [0, 0.05) is 0 Å². The molecule has 0 saturated carbocycles. The molecule has 1 heterocycles. The summed E-state index contributed by atoms with van der Waals surface area (Å²) < 4.78 is 39.0. The molecule has 1 aliphatic heterocycles. The van der Waals surface area contributed by atoms with Gasteiger partial charge in [0.25, 0.3) is 0 Å². The maximum atomic E-state index is 9.75. The molecule has 0 aromatic carbocycles. The van der Waals surface area contributed by atoms with E-state index in [0.29, 0.717) is 0 Å². The third-order valence-corrected chi connectivity index (χ3v) is 1.58. The lowest BCUT2D eigenvalue weighted by Crippen LogP contribution is -2.24. The van der Waals surface area contributed by atoms with E-state index in [2.05, 4.69) is 11.9 Å². The van der Waals surface area contributed by atoms with Crippen molar-refractivity contribution < 1.29 is 18.7 Å². The van der Waals surface area contributed by atoms with E-state index in [1.54, 1.807) is 0 Å². The third-order valence-electron chi connectivity index (χ3n) is 1.58. The summed E-state index contributed by atoms with van der Waals surface area (Å²) in [6, 6.07) is 0. The zero-order chi connectivity index (χ0) is 13.2. The van der Waals surface area contributed by atoms with E-state index in [-0.39, 0.29) is 1.43 Å². The van der Waals surface area contributed by atoms with Crippen LogP contribution < -0.4 is 0 Å². The summed E-state index contributed by atoms with van der Waals surface area (Å²) in [4.78, 5) is 4.39. The number of hydrogen-bond acceptors (Lipinski definition) is 2. The Morgan fingerprint density at radius 3 is 1.31 bits per heavy atom. The fourth-order valence-corrected chi connectivity index (χ4v) is 1.05. The van der Waals surface area contributed by atoms with Crippen molar-refractivity contribution in [2.24, 2.45) is 0 Å². The molecule has 100 valence electrons. The largest absolute Gasteiger partial charge is 1.00 e. The second-order valence-electron chi connectivity index (χ2n) is 4.20. The van der Waals surface area contributed by atoms with Crippen LogP contribution in [-0.4, -0.2) is 58.3 Å². The highest BCUT2D eigenvalue weighted by atomic mass is 19.5. The lowest BCUT2D eigenvalue weighted by Gasteiger charge is -2.20. The molecule has 0 amide bonds. The van der Waals surface area contributed by atoms with Gasteiger partial charge in [-0.05, 0) is 54.1 Å². The second kappa shape index (κ2) is 9.90. The maximum Gasteiger partial charge on any atom is 1.00 e. The van der Waals surface area contributed by atoms with Gasteiger partial charge in [0.2, 0.25) is 0 Å². The molecule has 0 aromatic rings. The predicted molar refractivity (Wildman–Crippen MR) is 62.3 cm³/mol. The normalized spacial score (nSPS) is 17.1. The number of rotatable bonds is 0. The highest BCUT2D eigenvalue weighted by Gasteiger charge is 2.20. The molecular formula is C9H23BF4N2. The smallest absolute Gasteiger partial charge is 0.418 e. The van der Waals surface area contributed by atoms with Crippen LogP contribution in [0.5, 0.6) is 0 Å². The summed E-state index contributed by atoms with van der Waals surface area (Å²) in [7, 11) is 2.19. The molecule has 0 bridgehead atoms. The molecule has 0 aliphatic carbocycles. The Bertz CT molecular complexity index is 144. The third kappa shape index (κ3) is 37.3. The second-order valence-corrected chi connectivity index (χ2v) is 4.20. The summed E-state index contributed by atoms with van der Waals surface area (Å²) in [5.74, 6) is 0. The van der Waals surface area contributed by atoms with Crippen molar-refractivity contribution in [2.75, 3.05) is 41.3 Å². The van der Waals surface area contributed by atoms with E-state index < -0.39 is 7.25 Å². The summed E-state index contributed by atoms with van der Waals surface area (Å²) in [6.45, 7) is 2.64. The molecule has 0 atom stereocenters. The average molecular weight is 246 g/mol. The van der Waals surface area contributed by atoms with Gasteiger partial charge in [-0.3, -0.25) is 0 Å². The van der Waals surface area contributed by atoms with Crippen LogP contribution >= 0.6 is 0 Å². The number of nitrogens with zero attached hydrogens (tertiary/aromatic N) is 2. The van der Waals surface area contributed by atoms with Crippen molar-refractivity contribution in [3.05, 3.63) is 0 Å². The zero-order valence-electron chi connectivity index (χ0n) is 11.5. The van der Waals surface area contributed by atoms with Crippen LogP contribution in [0.3, 0.4) is 0 Å². The molecule has 1 fully saturated rings. The molecule has 16 heavy (non-hydrogen) atoms. The van der Waals surface area contributed by atoms with E-state index in [1.165, 1.54) is 32.4 Å². The maximum absolute atomic E-state index is 9.75. The van der Waals surface area contributed by atoms with Crippen LogP contribution in [0.4, 0.5) is 17.3 Å². The quantitative estimate of drug-likeness (QED) is 0.479. The van der Waals surface area contributed by atoms with Crippen LogP contribution in [0.2, 0.25) is 0 Å². The van der Waals surface area contributed by atoms with Crippen molar-refractivity contribution >= 4 is 7.25 Å². The van der Waals surface area contributed by atoms with Crippen molar-refractivity contribution in [1.82, 2.24) is 9.80 Å². The number of hydrogen-bond donors (Lipinski definition) is 0. The minimum atomic E-state index is -6.00. The van der Waals surface area contributed by atoms with Gasteiger partial charge in [-0.2, -0.15) is 0 Å². The van der Waals surface area contributed by atoms with E-state index in [4.69, 9.17) is 0 Å². The standard InChI is InChI=1S/C6H13N.C3H9N.BF4/c1-7-5-3-2-4-6-7;1-4(2)3;2-1(3,4)5/h2-6H2,1H3;1-3H3;/q;;-1/p+1. The minimum Gasteiger partial charge on any atom is -0.418 e. The SMILES string of the molecule is CN(C)C.CN1CCCCC1.F[B-](F)(F)F.[H+]. The van der Waals surface area contributed by atoms with Gasteiger partial charge in [0.05, 0.1) is 0 Å². The average Bonchev–Trinajstić information content (AvgIpc) is 2.00. The van der Waals surface area contributed by atoms with Gasteiger partial charge in [-0.15, -0.1) is 0 Å². The number of likely N-dealkylation sites (tertiary alicyclic amines) is 1. The fourth-order valence-electron chi connectivity index (χ4n) is 1.05. The monoisotopic (exact) mass is 246 g/mol. The van der Waals surface area contributed by atoms with Gasteiger partial charge in [-0.25, -0.2) is 0 Å². The number of piperidine rings is 1. The van der Waals surface area contributed by atoms with Gasteiger partial charge >= 0.3 is 8.68 Å². The van der Waals surface area contributed by atoms with Crippen LogP contribution in [0.25, 0.3) is 0 Å². The Kier molecular flexibility index (Phi) is 11.2. The Morgan fingerprint density at radius 1 is 0.938 bits per heavy atom. The first-order valence-electron chi connectivity index (χ1n) is 5.29. The van der Waals surface area contributed by atoms with Crippen molar-refractivity contribution in [3.8, 4) is 0 Å². The Hall–Kier alpha value is -0.295. The molecule has 0 radical (unpaired) electrons. The topological polar surface area (TPSA) is 6.48 Å². The molecule has 0 unspecified atom stereocenters. The van der Waals surface area contributed by atoms with Gasteiger partial charge in [0.1, 0.15) is 0 Å². The van der Waals surface area contributed by atoms with Crippen LogP contribution in [0.15, 0.2) is 0 Å². The van der Waals surface area contributed by atoms with Crippen molar-refractivity contribution in [3.63, 3.8) is 0 Å². The van der Waals surface area contributed by atoms with Crippen LogP contribution in [0, 0.1) is 0 Å². The lowest BCUT2D eigenvalue weighted by molar-refractivity contribution is 0.277. The fraction of sp³-hybridized carbons (Fsp3) is 1.00. The van der Waals surface area contributed by atoms with Crippen LogP contribution in [0.1, 0.15) is 20.7 Å². The molecule has 0 aromatic heterocycles. The highest BCUT2D eigenvalue weighted by Crippen LogP contribution is 2.06. The molecular weight excluding hydrogens is 223 g/mol. The van der Waals surface area contributed by atoms with Crippen LogP contribution in [-0.2, 0) is 0 Å². The predicted octanol–water partition coefficient (Wildman–Crippen LogP) is 2.69. The Labute approximate surface area is 97.2 Å². The first kappa shape index (κ1) is 18.1. The molecule has 0 spiro atoms. The first-order chi connectivity index (χ1) is 7.13. The van der Waals surface area contributed by atoms with Gasteiger partial charge in [-0.1, -0.05) is 6.42 Å².